The first-order valence-electron chi connectivity index (χ1n) is 4.54. The minimum atomic E-state index is -0.781. The van der Waals surface area contributed by atoms with Gasteiger partial charge >= 0.3 is 5.63 Å². The van der Waals surface area contributed by atoms with E-state index in [1.807, 2.05) is 0 Å². The van der Waals surface area contributed by atoms with Crippen molar-refractivity contribution in [1.29, 1.82) is 0 Å². The highest BCUT2D eigenvalue weighted by Crippen LogP contribution is 2.16. The van der Waals surface area contributed by atoms with Gasteiger partial charge in [0.1, 0.15) is 17.1 Å². The van der Waals surface area contributed by atoms with Gasteiger partial charge in [-0.1, -0.05) is 0 Å². The molecule has 0 saturated heterocycles. The molecule has 5 heteroatoms. The van der Waals surface area contributed by atoms with Gasteiger partial charge in [0.2, 0.25) is 0 Å². The zero-order valence-corrected chi connectivity index (χ0v) is 9.21. The van der Waals surface area contributed by atoms with E-state index in [1.54, 1.807) is 0 Å². The van der Waals surface area contributed by atoms with Crippen molar-refractivity contribution in [3.8, 4) is 5.75 Å². The van der Waals surface area contributed by atoms with Crippen LogP contribution in [0.25, 0.3) is 0 Å². The van der Waals surface area contributed by atoms with Gasteiger partial charge in [0.05, 0.1) is 0 Å². The summed E-state index contributed by atoms with van der Waals surface area (Å²) in [7, 11) is 0. The predicted molar refractivity (Wildman–Crippen MR) is 58.8 cm³/mol. The molecule has 1 rings (SSSR count). The molecule has 0 saturated carbocycles. The minimum absolute atomic E-state index is 0.287. The number of Topliss-reactive ketones (excluding diaryl/α,β-unsaturated/α-hetero) is 1. The SMILES string of the molecule is CC(=O)c1c(O)cc(CCCS)oc1=O. The first-order chi connectivity index (χ1) is 7.06. The van der Waals surface area contributed by atoms with Crippen LogP contribution < -0.4 is 5.63 Å². The number of carbonyl (C=O) groups is 1. The van der Waals surface area contributed by atoms with E-state index in [0.717, 1.165) is 6.42 Å². The summed E-state index contributed by atoms with van der Waals surface area (Å²) in [6.07, 6.45) is 1.26. The zero-order valence-electron chi connectivity index (χ0n) is 8.32. The van der Waals surface area contributed by atoms with Crippen LogP contribution in [0.4, 0.5) is 0 Å². The lowest BCUT2D eigenvalue weighted by molar-refractivity contribution is 0.101. The second kappa shape index (κ2) is 5.02. The lowest BCUT2D eigenvalue weighted by atomic mass is 10.1. The lowest BCUT2D eigenvalue weighted by Crippen LogP contribution is -2.12. The lowest BCUT2D eigenvalue weighted by Gasteiger charge is -2.02. The number of aromatic hydroxyl groups is 1. The van der Waals surface area contributed by atoms with Gasteiger partial charge in [-0.2, -0.15) is 12.6 Å². The van der Waals surface area contributed by atoms with Gasteiger partial charge in [0, 0.05) is 12.5 Å². The number of carbonyl (C=O) groups excluding carboxylic acids is 1. The fourth-order valence-corrected chi connectivity index (χ4v) is 1.39. The molecule has 1 N–H and O–H groups in total. The molecular weight excluding hydrogens is 216 g/mol. The van der Waals surface area contributed by atoms with Crippen molar-refractivity contribution in [2.75, 3.05) is 5.75 Å². The van der Waals surface area contributed by atoms with Crippen LogP contribution in [-0.2, 0) is 6.42 Å². The monoisotopic (exact) mass is 228 g/mol. The highest BCUT2D eigenvalue weighted by atomic mass is 32.1. The van der Waals surface area contributed by atoms with Gasteiger partial charge in [0.15, 0.2) is 5.78 Å². The average Bonchev–Trinajstić information content (AvgIpc) is 2.12. The van der Waals surface area contributed by atoms with Crippen LogP contribution in [0.3, 0.4) is 0 Å². The standard InChI is InChI=1S/C10H12O4S/c1-6(11)9-8(12)5-7(3-2-4-15)14-10(9)13/h5,12,15H,2-4H2,1H3. The fourth-order valence-electron chi connectivity index (χ4n) is 1.23. The van der Waals surface area contributed by atoms with Crippen LogP contribution in [0.15, 0.2) is 15.3 Å². The molecule has 4 nitrogen and oxygen atoms in total. The first-order valence-corrected chi connectivity index (χ1v) is 5.17. The molecular formula is C10H12O4S. The van der Waals surface area contributed by atoms with Crippen molar-refractivity contribution in [2.24, 2.45) is 0 Å². The van der Waals surface area contributed by atoms with Gasteiger partial charge in [-0.05, 0) is 19.1 Å². The van der Waals surface area contributed by atoms with Crippen LogP contribution in [0.2, 0.25) is 0 Å². The van der Waals surface area contributed by atoms with E-state index in [0.29, 0.717) is 17.9 Å². The highest BCUT2D eigenvalue weighted by molar-refractivity contribution is 7.80. The predicted octanol–water partition coefficient (Wildman–Crippen LogP) is 1.41. The normalized spacial score (nSPS) is 10.3. The van der Waals surface area contributed by atoms with Crippen molar-refractivity contribution in [1.82, 2.24) is 0 Å². The topological polar surface area (TPSA) is 67.5 Å². The van der Waals surface area contributed by atoms with Gasteiger partial charge in [0.25, 0.3) is 0 Å². The summed E-state index contributed by atoms with van der Waals surface area (Å²) in [4.78, 5) is 22.3. The molecule has 0 fully saturated rings. The molecule has 0 aliphatic heterocycles. The van der Waals surface area contributed by atoms with Crippen molar-refractivity contribution < 1.29 is 14.3 Å². The summed E-state index contributed by atoms with van der Waals surface area (Å²) in [5, 5.41) is 9.44. The third-order valence-electron chi connectivity index (χ3n) is 1.92. The second-order valence-corrected chi connectivity index (χ2v) is 3.59. The molecule has 82 valence electrons. The Morgan fingerprint density at radius 3 is 2.73 bits per heavy atom. The minimum Gasteiger partial charge on any atom is -0.507 e. The second-order valence-electron chi connectivity index (χ2n) is 3.14. The highest BCUT2D eigenvalue weighted by Gasteiger charge is 2.14. The average molecular weight is 228 g/mol. The summed E-state index contributed by atoms with van der Waals surface area (Å²) in [6.45, 7) is 1.21. The maximum atomic E-state index is 11.3. The Hall–Kier alpha value is -1.23. The molecule has 1 aromatic rings. The Kier molecular flexibility index (Phi) is 3.96. The molecule has 1 heterocycles. The first kappa shape index (κ1) is 11.8. The number of hydrogen-bond donors (Lipinski definition) is 2. The van der Waals surface area contributed by atoms with Gasteiger partial charge in [-0.25, -0.2) is 4.79 Å². The van der Waals surface area contributed by atoms with Crippen LogP contribution in [0, 0.1) is 0 Å². The number of rotatable bonds is 4. The number of ketones is 1. The molecule has 15 heavy (non-hydrogen) atoms. The van der Waals surface area contributed by atoms with E-state index in [2.05, 4.69) is 12.6 Å². The van der Waals surface area contributed by atoms with E-state index in [9.17, 15) is 14.7 Å². The third-order valence-corrected chi connectivity index (χ3v) is 2.23. The van der Waals surface area contributed by atoms with E-state index in [1.165, 1.54) is 13.0 Å². The van der Waals surface area contributed by atoms with Crippen LogP contribution in [0.1, 0.15) is 29.5 Å². The molecule has 0 bridgehead atoms. The van der Waals surface area contributed by atoms with Gasteiger partial charge in [-0.15, -0.1) is 0 Å². The van der Waals surface area contributed by atoms with Crippen LogP contribution in [-0.4, -0.2) is 16.6 Å². The molecule has 1 aromatic heterocycles. The zero-order chi connectivity index (χ0) is 11.4. The van der Waals surface area contributed by atoms with Crippen LogP contribution >= 0.6 is 12.6 Å². The smallest absolute Gasteiger partial charge is 0.350 e. The Labute approximate surface area is 92.3 Å². The number of aryl methyl sites for hydroxylation is 1. The summed E-state index contributed by atoms with van der Waals surface area (Å²) < 4.78 is 4.88. The van der Waals surface area contributed by atoms with E-state index in [-0.39, 0.29) is 11.3 Å². The summed E-state index contributed by atoms with van der Waals surface area (Å²) in [5.74, 6) is 0.227. The summed E-state index contributed by atoms with van der Waals surface area (Å²) in [6, 6.07) is 1.31. The van der Waals surface area contributed by atoms with E-state index < -0.39 is 11.4 Å². The van der Waals surface area contributed by atoms with Crippen LogP contribution in [0.5, 0.6) is 5.75 Å². The number of hydrogen-bond acceptors (Lipinski definition) is 5. The molecule has 0 amide bonds. The van der Waals surface area contributed by atoms with Gasteiger partial charge < -0.3 is 9.52 Å². The van der Waals surface area contributed by atoms with E-state index >= 15 is 0 Å². The Morgan fingerprint density at radius 1 is 1.60 bits per heavy atom. The molecule has 0 spiro atoms. The van der Waals surface area contributed by atoms with Crippen molar-refractivity contribution >= 4 is 18.4 Å². The summed E-state index contributed by atoms with van der Waals surface area (Å²) in [5.41, 5.74) is -1.07. The molecule has 0 aliphatic rings. The Bertz CT molecular complexity index is 422. The fraction of sp³-hybridized carbons (Fsp3) is 0.400. The Balaban J connectivity index is 3.09. The van der Waals surface area contributed by atoms with Gasteiger partial charge in [-0.3, -0.25) is 4.79 Å². The molecule has 0 radical (unpaired) electrons. The third kappa shape index (κ3) is 2.86. The largest absolute Gasteiger partial charge is 0.507 e. The maximum absolute atomic E-state index is 11.3. The molecule has 0 aliphatic carbocycles. The number of thiol groups is 1. The van der Waals surface area contributed by atoms with Crippen molar-refractivity contribution in [3.63, 3.8) is 0 Å². The van der Waals surface area contributed by atoms with Crippen molar-refractivity contribution in [3.05, 3.63) is 27.8 Å². The van der Waals surface area contributed by atoms with E-state index in [4.69, 9.17) is 4.42 Å². The van der Waals surface area contributed by atoms with Crippen molar-refractivity contribution in [2.45, 2.75) is 19.8 Å². The molecule has 0 unspecified atom stereocenters. The molecule has 0 atom stereocenters. The Morgan fingerprint density at radius 2 is 2.27 bits per heavy atom. The quantitative estimate of drug-likeness (QED) is 0.604. The maximum Gasteiger partial charge on any atom is 0.350 e. The molecule has 0 aromatic carbocycles. The summed E-state index contributed by atoms with van der Waals surface area (Å²) >= 11 is 4.02.